The monoisotopic (exact) mass is 466 g/mol. The van der Waals surface area contributed by atoms with Crippen LogP contribution in [0.3, 0.4) is 0 Å². The summed E-state index contributed by atoms with van der Waals surface area (Å²) in [5.41, 5.74) is 2.40. The molecule has 0 bridgehead atoms. The first kappa shape index (κ1) is 22.0. The van der Waals surface area contributed by atoms with Crippen molar-refractivity contribution in [2.45, 2.75) is 31.7 Å². The Morgan fingerprint density at radius 2 is 1.66 bits per heavy atom. The SMILES string of the molecule is CCSc1nc2c(s1)c(=O)n(-c1ccc(C)cc1)c(=O)n2CC(=O)Nc1ccc(C)cc1. The Labute approximate surface area is 192 Å². The van der Waals surface area contributed by atoms with Crippen LogP contribution in [0.4, 0.5) is 5.69 Å². The average Bonchev–Trinajstić information content (AvgIpc) is 3.19. The number of amides is 1. The van der Waals surface area contributed by atoms with E-state index in [2.05, 4.69) is 10.3 Å². The van der Waals surface area contributed by atoms with Crippen LogP contribution < -0.4 is 16.6 Å². The molecule has 2 aromatic carbocycles. The van der Waals surface area contributed by atoms with E-state index in [0.29, 0.717) is 20.4 Å². The van der Waals surface area contributed by atoms with Gasteiger partial charge in [0.05, 0.1) is 5.69 Å². The zero-order chi connectivity index (χ0) is 22.8. The van der Waals surface area contributed by atoms with Gasteiger partial charge in [0.2, 0.25) is 5.91 Å². The van der Waals surface area contributed by atoms with Gasteiger partial charge in [0.15, 0.2) is 9.99 Å². The fourth-order valence-electron chi connectivity index (χ4n) is 3.25. The van der Waals surface area contributed by atoms with Crippen molar-refractivity contribution in [2.24, 2.45) is 0 Å². The van der Waals surface area contributed by atoms with Crippen LogP contribution in [0.15, 0.2) is 62.5 Å². The molecule has 0 atom stereocenters. The first-order chi connectivity index (χ1) is 15.4. The lowest BCUT2D eigenvalue weighted by atomic mass is 10.2. The van der Waals surface area contributed by atoms with Gasteiger partial charge in [-0.3, -0.25) is 14.2 Å². The number of thiazole rings is 1. The van der Waals surface area contributed by atoms with E-state index in [1.165, 1.54) is 27.7 Å². The Morgan fingerprint density at radius 1 is 1.03 bits per heavy atom. The van der Waals surface area contributed by atoms with Gasteiger partial charge in [-0.1, -0.05) is 54.1 Å². The largest absolute Gasteiger partial charge is 0.337 e. The molecular formula is C23H22N4O3S2. The second kappa shape index (κ2) is 9.13. The lowest BCUT2D eigenvalue weighted by Crippen LogP contribution is -2.40. The molecule has 2 aromatic heterocycles. The molecule has 0 aliphatic carbocycles. The number of carbonyl (C=O) groups is 1. The number of hydrogen-bond acceptors (Lipinski definition) is 6. The zero-order valence-corrected chi connectivity index (χ0v) is 19.5. The molecular weight excluding hydrogens is 444 g/mol. The van der Waals surface area contributed by atoms with Gasteiger partial charge in [-0.15, -0.1) is 11.3 Å². The first-order valence-corrected chi connectivity index (χ1v) is 11.9. The molecule has 0 aliphatic heterocycles. The number of thioether (sulfide) groups is 1. The van der Waals surface area contributed by atoms with Gasteiger partial charge in [-0.25, -0.2) is 14.3 Å². The van der Waals surface area contributed by atoms with Crippen LogP contribution in [-0.4, -0.2) is 25.8 Å². The third-order valence-corrected chi connectivity index (χ3v) is 6.92. The van der Waals surface area contributed by atoms with Gasteiger partial charge in [0, 0.05) is 5.69 Å². The highest BCUT2D eigenvalue weighted by atomic mass is 32.2. The Kier molecular flexibility index (Phi) is 6.29. The van der Waals surface area contributed by atoms with Crippen molar-refractivity contribution in [1.82, 2.24) is 14.1 Å². The molecule has 32 heavy (non-hydrogen) atoms. The van der Waals surface area contributed by atoms with Crippen molar-refractivity contribution in [2.75, 3.05) is 11.1 Å². The van der Waals surface area contributed by atoms with E-state index in [9.17, 15) is 14.4 Å². The summed E-state index contributed by atoms with van der Waals surface area (Å²) >= 11 is 2.74. The zero-order valence-electron chi connectivity index (χ0n) is 17.9. The maximum absolute atomic E-state index is 13.4. The van der Waals surface area contributed by atoms with E-state index in [0.717, 1.165) is 21.4 Å². The summed E-state index contributed by atoms with van der Waals surface area (Å²) in [6.07, 6.45) is 0. The summed E-state index contributed by atoms with van der Waals surface area (Å²) in [6, 6.07) is 14.5. The highest BCUT2D eigenvalue weighted by Gasteiger charge is 2.20. The van der Waals surface area contributed by atoms with Crippen LogP contribution >= 0.6 is 23.1 Å². The molecule has 0 saturated carbocycles. The number of nitrogens with one attached hydrogen (secondary N) is 1. The van der Waals surface area contributed by atoms with Crippen molar-refractivity contribution in [3.05, 3.63) is 80.5 Å². The molecule has 4 aromatic rings. The van der Waals surface area contributed by atoms with Crippen molar-refractivity contribution in [3.8, 4) is 5.69 Å². The summed E-state index contributed by atoms with van der Waals surface area (Å²) < 4.78 is 3.42. The van der Waals surface area contributed by atoms with Crippen molar-refractivity contribution >= 4 is 45.0 Å². The maximum atomic E-state index is 13.4. The molecule has 0 spiro atoms. The topological polar surface area (TPSA) is 86.0 Å². The van der Waals surface area contributed by atoms with Gasteiger partial charge in [0.1, 0.15) is 11.2 Å². The summed E-state index contributed by atoms with van der Waals surface area (Å²) in [5.74, 6) is 0.411. The standard InChI is InChI=1S/C23H22N4O3S2/c1-4-31-22-25-20-19(32-22)21(29)27(17-11-7-15(3)8-12-17)23(30)26(20)13-18(28)24-16-9-5-14(2)6-10-16/h5-12H,4,13H2,1-3H3,(H,24,28). The molecule has 0 unspecified atom stereocenters. The van der Waals surface area contributed by atoms with Crippen LogP contribution in [0.1, 0.15) is 18.1 Å². The quantitative estimate of drug-likeness (QED) is 0.435. The predicted octanol–water partition coefficient (Wildman–Crippen LogP) is 3.98. The normalized spacial score (nSPS) is 11.1. The molecule has 9 heteroatoms. The minimum Gasteiger partial charge on any atom is -0.325 e. The summed E-state index contributed by atoms with van der Waals surface area (Å²) in [7, 11) is 0. The average molecular weight is 467 g/mol. The second-order valence-corrected chi connectivity index (χ2v) is 9.83. The summed E-state index contributed by atoms with van der Waals surface area (Å²) in [4.78, 5) is 43.9. The fraction of sp³-hybridized carbons (Fsp3) is 0.217. The number of benzene rings is 2. The Bertz CT molecular complexity index is 1400. The number of fused-ring (bicyclic) bond motifs is 1. The van der Waals surface area contributed by atoms with Gasteiger partial charge in [-0.05, 0) is 43.9 Å². The third-order valence-electron chi connectivity index (χ3n) is 4.86. The lowest BCUT2D eigenvalue weighted by molar-refractivity contribution is -0.116. The molecule has 1 amide bonds. The molecule has 1 N–H and O–H groups in total. The number of nitrogens with zero attached hydrogens (tertiary/aromatic N) is 3. The molecule has 0 saturated heterocycles. The minimum atomic E-state index is -0.594. The van der Waals surface area contributed by atoms with Crippen molar-refractivity contribution in [1.29, 1.82) is 0 Å². The number of hydrogen-bond donors (Lipinski definition) is 1. The second-order valence-electron chi connectivity index (χ2n) is 7.32. The van der Waals surface area contributed by atoms with E-state index >= 15 is 0 Å². The highest BCUT2D eigenvalue weighted by molar-refractivity contribution is 8.01. The van der Waals surface area contributed by atoms with E-state index in [1.807, 2.05) is 45.0 Å². The number of rotatable bonds is 6. The van der Waals surface area contributed by atoms with E-state index in [4.69, 9.17) is 0 Å². The van der Waals surface area contributed by atoms with Crippen LogP contribution in [0.5, 0.6) is 0 Å². The summed E-state index contributed by atoms with van der Waals surface area (Å²) in [6.45, 7) is 5.63. The van der Waals surface area contributed by atoms with Crippen LogP contribution in [0, 0.1) is 13.8 Å². The number of aryl methyl sites for hydroxylation is 2. The van der Waals surface area contributed by atoms with E-state index < -0.39 is 11.2 Å². The Hall–Kier alpha value is -3.17. The Morgan fingerprint density at radius 3 is 2.28 bits per heavy atom. The highest BCUT2D eigenvalue weighted by Crippen LogP contribution is 2.27. The molecule has 0 aliphatic rings. The van der Waals surface area contributed by atoms with Crippen LogP contribution in [0.25, 0.3) is 16.0 Å². The van der Waals surface area contributed by atoms with Crippen molar-refractivity contribution < 1.29 is 4.79 Å². The first-order valence-electron chi connectivity index (χ1n) is 10.1. The van der Waals surface area contributed by atoms with Crippen molar-refractivity contribution in [3.63, 3.8) is 0 Å². The van der Waals surface area contributed by atoms with Gasteiger partial charge < -0.3 is 5.32 Å². The van der Waals surface area contributed by atoms with E-state index in [1.54, 1.807) is 24.3 Å². The number of aromatic nitrogens is 3. The lowest BCUT2D eigenvalue weighted by Gasteiger charge is -2.12. The van der Waals surface area contributed by atoms with Gasteiger partial charge in [-0.2, -0.15) is 0 Å². The van der Waals surface area contributed by atoms with Gasteiger partial charge >= 0.3 is 5.69 Å². The number of anilines is 1. The molecule has 0 radical (unpaired) electrons. The molecule has 0 fully saturated rings. The maximum Gasteiger partial charge on any atom is 0.337 e. The molecule has 2 heterocycles. The fourth-order valence-corrected chi connectivity index (χ4v) is 5.21. The molecule has 4 rings (SSSR count). The third kappa shape index (κ3) is 4.39. The molecule has 7 nitrogen and oxygen atoms in total. The van der Waals surface area contributed by atoms with Crippen LogP contribution in [-0.2, 0) is 11.3 Å². The van der Waals surface area contributed by atoms with Gasteiger partial charge in [0.25, 0.3) is 5.56 Å². The smallest absolute Gasteiger partial charge is 0.325 e. The Balaban J connectivity index is 1.83. The molecule has 164 valence electrons. The van der Waals surface area contributed by atoms with Crippen LogP contribution in [0.2, 0.25) is 0 Å². The number of carbonyl (C=O) groups excluding carboxylic acids is 1. The van der Waals surface area contributed by atoms with E-state index in [-0.39, 0.29) is 18.1 Å². The minimum absolute atomic E-state index is 0.239. The predicted molar refractivity (Wildman–Crippen MR) is 130 cm³/mol. The summed E-state index contributed by atoms with van der Waals surface area (Å²) in [5, 5.41) is 2.81.